The molecule has 1 rings (SSSR count). The van der Waals surface area contributed by atoms with Crippen molar-refractivity contribution in [1.29, 1.82) is 15.8 Å². The van der Waals surface area contributed by atoms with Gasteiger partial charge in [0.15, 0.2) is 0 Å². The summed E-state index contributed by atoms with van der Waals surface area (Å²) in [6, 6.07) is 5.63. The Bertz CT molecular complexity index is 324. The molecule has 0 aromatic rings. The lowest BCUT2D eigenvalue weighted by molar-refractivity contribution is 1.10. The summed E-state index contributed by atoms with van der Waals surface area (Å²) >= 11 is 0. The first-order valence-electron chi connectivity index (χ1n) is 2.95. The fourth-order valence-electron chi connectivity index (χ4n) is 0.856. The highest BCUT2D eigenvalue weighted by Crippen LogP contribution is 2.21. The van der Waals surface area contributed by atoms with E-state index in [1.54, 1.807) is 0 Å². The lowest BCUT2D eigenvalue weighted by Gasteiger charge is -1.81. The molecule has 50 valence electrons. The first kappa shape index (κ1) is 7.06. The van der Waals surface area contributed by atoms with Crippen molar-refractivity contribution in [3.05, 3.63) is 23.3 Å². The van der Waals surface area contributed by atoms with E-state index >= 15 is 0 Å². The minimum atomic E-state index is -0.403. The molecular formula is C8H3N3. The van der Waals surface area contributed by atoms with Gasteiger partial charge in [-0.1, -0.05) is 0 Å². The van der Waals surface area contributed by atoms with Crippen LogP contribution >= 0.6 is 0 Å². The topological polar surface area (TPSA) is 71.4 Å². The van der Waals surface area contributed by atoms with Crippen molar-refractivity contribution in [2.75, 3.05) is 0 Å². The van der Waals surface area contributed by atoms with Crippen LogP contribution in [-0.2, 0) is 0 Å². The van der Waals surface area contributed by atoms with Crippen molar-refractivity contribution >= 4 is 0 Å². The predicted octanol–water partition coefficient (Wildman–Crippen LogP) is 1.04. The summed E-state index contributed by atoms with van der Waals surface area (Å²) < 4.78 is 0. The molecule has 0 unspecified atom stereocenters. The van der Waals surface area contributed by atoms with Crippen LogP contribution in [0.2, 0.25) is 0 Å². The second kappa shape index (κ2) is 2.69. The Morgan fingerprint density at radius 1 is 1.00 bits per heavy atom. The molecule has 0 saturated carbocycles. The van der Waals surface area contributed by atoms with Crippen molar-refractivity contribution in [1.82, 2.24) is 0 Å². The van der Waals surface area contributed by atoms with Crippen LogP contribution in [0.3, 0.4) is 0 Å². The molecule has 0 N–H and O–H groups in total. The molecule has 11 heavy (non-hydrogen) atoms. The summed E-state index contributed by atoms with van der Waals surface area (Å²) in [5, 5.41) is 25.4. The van der Waals surface area contributed by atoms with Gasteiger partial charge in [0, 0.05) is 0 Å². The molecule has 0 aromatic carbocycles. The number of hydrogen-bond donors (Lipinski definition) is 0. The monoisotopic (exact) mass is 141 g/mol. The van der Waals surface area contributed by atoms with E-state index in [0.717, 1.165) is 0 Å². The Morgan fingerprint density at radius 2 is 1.45 bits per heavy atom. The third-order valence-electron chi connectivity index (χ3n) is 1.37. The molecule has 0 saturated heterocycles. The van der Waals surface area contributed by atoms with Gasteiger partial charge >= 0.3 is 0 Å². The van der Waals surface area contributed by atoms with Crippen molar-refractivity contribution in [2.24, 2.45) is 5.92 Å². The summed E-state index contributed by atoms with van der Waals surface area (Å²) in [4.78, 5) is 0. The second-order valence-corrected chi connectivity index (χ2v) is 2.04. The van der Waals surface area contributed by atoms with Crippen LogP contribution in [0.1, 0.15) is 0 Å². The third-order valence-corrected chi connectivity index (χ3v) is 1.37. The molecule has 0 aromatic heterocycles. The summed E-state index contributed by atoms with van der Waals surface area (Å²) in [6.45, 7) is 0. The smallest absolute Gasteiger partial charge is 0.100 e. The molecule has 3 nitrogen and oxygen atoms in total. The van der Waals surface area contributed by atoms with E-state index in [0.29, 0.717) is 11.1 Å². The zero-order valence-corrected chi connectivity index (χ0v) is 5.57. The number of rotatable bonds is 0. The van der Waals surface area contributed by atoms with Gasteiger partial charge in [0.25, 0.3) is 0 Å². The molecule has 0 atom stereocenters. The predicted molar refractivity (Wildman–Crippen MR) is 36.5 cm³/mol. The Labute approximate surface area is 64.1 Å². The highest BCUT2D eigenvalue weighted by molar-refractivity contribution is 5.56. The fraction of sp³-hybridized carbons (Fsp3) is 0.125. The Balaban J connectivity index is 3.05. The average molecular weight is 141 g/mol. The van der Waals surface area contributed by atoms with E-state index in [9.17, 15) is 0 Å². The van der Waals surface area contributed by atoms with Crippen molar-refractivity contribution in [3.8, 4) is 18.2 Å². The number of hydrogen-bond acceptors (Lipinski definition) is 3. The van der Waals surface area contributed by atoms with Gasteiger partial charge in [-0.2, -0.15) is 15.8 Å². The molecule has 0 radical (unpaired) electrons. The molecule has 3 heteroatoms. The van der Waals surface area contributed by atoms with Crippen molar-refractivity contribution in [2.45, 2.75) is 0 Å². The van der Waals surface area contributed by atoms with Crippen molar-refractivity contribution in [3.63, 3.8) is 0 Å². The van der Waals surface area contributed by atoms with Crippen molar-refractivity contribution < 1.29 is 0 Å². The maximum absolute atomic E-state index is 8.46. The average Bonchev–Trinajstić information content (AvgIpc) is 2.46. The molecule has 0 bridgehead atoms. The van der Waals surface area contributed by atoms with Crippen LogP contribution in [0.4, 0.5) is 0 Å². The highest BCUT2D eigenvalue weighted by atomic mass is 14.3. The number of nitriles is 3. The Hall–Kier alpha value is -2.05. The molecule has 1 aliphatic carbocycles. The molecule has 0 heterocycles. The fourth-order valence-corrected chi connectivity index (χ4v) is 0.856. The maximum Gasteiger partial charge on any atom is 0.100 e. The van der Waals surface area contributed by atoms with Crippen LogP contribution < -0.4 is 0 Å². The van der Waals surface area contributed by atoms with Gasteiger partial charge in [-0.15, -0.1) is 0 Å². The molecule has 1 aliphatic rings. The van der Waals surface area contributed by atoms with Gasteiger partial charge in [0.05, 0.1) is 23.1 Å². The lowest BCUT2D eigenvalue weighted by Crippen LogP contribution is -1.78. The minimum Gasteiger partial charge on any atom is -0.197 e. The van der Waals surface area contributed by atoms with Gasteiger partial charge < -0.3 is 0 Å². The molecule has 0 aliphatic heterocycles. The Morgan fingerprint density at radius 3 is 1.73 bits per heavy atom. The zero-order valence-electron chi connectivity index (χ0n) is 5.57. The van der Waals surface area contributed by atoms with E-state index in [4.69, 9.17) is 15.8 Å². The van der Waals surface area contributed by atoms with Gasteiger partial charge in [0.2, 0.25) is 0 Å². The largest absolute Gasteiger partial charge is 0.197 e. The van der Waals surface area contributed by atoms with Crippen LogP contribution in [0.15, 0.2) is 23.3 Å². The minimum absolute atomic E-state index is 0.305. The van der Waals surface area contributed by atoms with Gasteiger partial charge in [-0.3, -0.25) is 0 Å². The standard InChI is InChI=1S/C8H3N3/c9-3-6-1-7(4-10)8(2-6)5-11/h1-2,6H. The lowest BCUT2D eigenvalue weighted by atomic mass is 10.2. The molecule has 0 spiro atoms. The van der Waals surface area contributed by atoms with E-state index in [1.165, 1.54) is 12.2 Å². The molecule has 0 amide bonds. The van der Waals surface area contributed by atoms with E-state index in [-0.39, 0.29) is 0 Å². The quantitative estimate of drug-likeness (QED) is 0.506. The molecular weight excluding hydrogens is 138 g/mol. The zero-order chi connectivity index (χ0) is 8.27. The number of allylic oxidation sites excluding steroid dienone is 4. The second-order valence-electron chi connectivity index (χ2n) is 2.04. The van der Waals surface area contributed by atoms with Gasteiger partial charge in [-0.05, 0) is 12.2 Å². The summed E-state index contributed by atoms with van der Waals surface area (Å²) in [5.74, 6) is -0.403. The SMILES string of the molecule is N#CC1=CC(C#N)C=C1C#N. The van der Waals surface area contributed by atoms with Gasteiger partial charge in [0.1, 0.15) is 12.1 Å². The maximum atomic E-state index is 8.46. The van der Waals surface area contributed by atoms with E-state index in [2.05, 4.69) is 0 Å². The van der Waals surface area contributed by atoms with Crippen LogP contribution in [0.5, 0.6) is 0 Å². The van der Waals surface area contributed by atoms with Crippen LogP contribution in [-0.4, -0.2) is 0 Å². The summed E-state index contributed by atoms with van der Waals surface area (Å²) in [5.41, 5.74) is 0.609. The first-order valence-corrected chi connectivity index (χ1v) is 2.95. The Kier molecular flexibility index (Phi) is 1.73. The number of nitrogens with zero attached hydrogens (tertiary/aromatic N) is 3. The van der Waals surface area contributed by atoms with Gasteiger partial charge in [-0.25, -0.2) is 0 Å². The van der Waals surface area contributed by atoms with E-state index < -0.39 is 5.92 Å². The van der Waals surface area contributed by atoms with Crippen LogP contribution in [0, 0.1) is 39.9 Å². The van der Waals surface area contributed by atoms with E-state index in [1.807, 2.05) is 18.2 Å². The summed E-state index contributed by atoms with van der Waals surface area (Å²) in [7, 11) is 0. The summed E-state index contributed by atoms with van der Waals surface area (Å²) in [6.07, 6.45) is 2.97. The molecule has 0 fully saturated rings. The van der Waals surface area contributed by atoms with Crippen LogP contribution in [0.25, 0.3) is 0 Å². The third kappa shape index (κ3) is 1.11. The normalized spacial score (nSPS) is 15.7. The highest BCUT2D eigenvalue weighted by Gasteiger charge is 2.15. The first-order chi connectivity index (χ1) is 5.31.